The lowest BCUT2D eigenvalue weighted by molar-refractivity contribution is -0.145. The molecule has 0 rings (SSSR count). The smallest absolute Gasteiger partial charge is 0.333 e. The average Bonchev–Trinajstić information content (AvgIpc) is 2.59. The molecule has 0 spiro atoms. The molecule has 0 fully saturated rings. The molecule has 2 heteroatoms. The van der Waals surface area contributed by atoms with Crippen LogP contribution in [-0.2, 0) is 9.53 Å². The Labute approximate surface area is 164 Å². The Morgan fingerprint density at radius 1 is 0.769 bits per heavy atom. The third-order valence-electron chi connectivity index (χ3n) is 5.06. The van der Waals surface area contributed by atoms with Gasteiger partial charge in [0.2, 0.25) is 0 Å². The molecule has 0 heterocycles. The van der Waals surface area contributed by atoms with Gasteiger partial charge in [0, 0.05) is 5.57 Å². The van der Waals surface area contributed by atoms with Crippen LogP contribution in [0, 0.1) is 5.92 Å². The molecule has 0 aliphatic carbocycles. The van der Waals surface area contributed by atoms with Crippen molar-refractivity contribution in [3.63, 3.8) is 0 Å². The van der Waals surface area contributed by atoms with E-state index in [2.05, 4.69) is 27.4 Å². The highest BCUT2D eigenvalue weighted by Crippen LogP contribution is 2.18. The minimum absolute atomic E-state index is 0.0874. The molecule has 1 unspecified atom stereocenters. The Bertz CT molecular complexity index is 346. The second kappa shape index (κ2) is 17.6. The number of rotatable bonds is 18. The van der Waals surface area contributed by atoms with Crippen molar-refractivity contribution >= 4 is 5.97 Å². The molecule has 0 aliphatic rings. The van der Waals surface area contributed by atoms with Gasteiger partial charge in [-0.1, -0.05) is 98.0 Å². The first-order valence-corrected chi connectivity index (χ1v) is 11.3. The van der Waals surface area contributed by atoms with Gasteiger partial charge in [0.25, 0.3) is 0 Å². The van der Waals surface area contributed by atoms with Crippen LogP contribution < -0.4 is 0 Å². The van der Waals surface area contributed by atoms with Crippen LogP contribution in [0.4, 0.5) is 0 Å². The van der Waals surface area contributed by atoms with Gasteiger partial charge in [-0.2, -0.15) is 0 Å². The molecule has 2 nitrogen and oxygen atoms in total. The molecule has 26 heavy (non-hydrogen) atoms. The summed E-state index contributed by atoms with van der Waals surface area (Å²) in [6, 6.07) is 0. The minimum Gasteiger partial charge on any atom is -0.459 e. The third-order valence-corrected chi connectivity index (χ3v) is 5.06. The fourth-order valence-corrected chi connectivity index (χ4v) is 3.30. The molecule has 1 atom stereocenters. The van der Waals surface area contributed by atoms with Crippen LogP contribution in [0.5, 0.6) is 0 Å². The van der Waals surface area contributed by atoms with Gasteiger partial charge >= 0.3 is 5.97 Å². The van der Waals surface area contributed by atoms with Gasteiger partial charge < -0.3 is 4.74 Å². The molecule has 0 aromatic rings. The van der Waals surface area contributed by atoms with E-state index in [4.69, 9.17) is 4.74 Å². The van der Waals surface area contributed by atoms with Crippen LogP contribution in [0.1, 0.15) is 124 Å². The van der Waals surface area contributed by atoms with Crippen molar-refractivity contribution in [2.75, 3.05) is 0 Å². The quantitative estimate of drug-likeness (QED) is 0.139. The summed E-state index contributed by atoms with van der Waals surface area (Å²) in [7, 11) is 0. The van der Waals surface area contributed by atoms with Crippen molar-refractivity contribution in [3.8, 4) is 0 Å². The van der Waals surface area contributed by atoms with Crippen LogP contribution in [-0.4, -0.2) is 12.1 Å². The molecule has 0 aliphatic heterocycles. The van der Waals surface area contributed by atoms with E-state index in [0.29, 0.717) is 5.57 Å². The molecular weight excluding hydrogens is 320 g/mol. The van der Waals surface area contributed by atoms with Crippen LogP contribution in [0.2, 0.25) is 0 Å². The first kappa shape index (κ1) is 25.2. The third kappa shape index (κ3) is 16.7. The molecule has 0 aromatic heterocycles. The monoisotopic (exact) mass is 366 g/mol. The zero-order valence-electron chi connectivity index (χ0n) is 18.3. The Morgan fingerprint density at radius 2 is 1.19 bits per heavy atom. The summed E-state index contributed by atoms with van der Waals surface area (Å²) in [5, 5.41) is 0. The van der Waals surface area contributed by atoms with Crippen molar-refractivity contribution < 1.29 is 9.53 Å². The van der Waals surface area contributed by atoms with E-state index in [9.17, 15) is 4.79 Å². The predicted octanol–water partition coefficient (Wildman–Crippen LogP) is 8.00. The van der Waals surface area contributed by atoms with Gasteiger partial charge in [0.15, 0.2) is 0 Å². The maximum atomic E-state index is 11.9. The topological polar surface area (TPSA) is 26.3 Å². The second-order valence-electron chi connectivity index (χ2n) is 8.46. The predicted molar refractivity (Wildman–Crippen MR) is 114 cm³/mol. The van der Waals surface area contributed by atoms with E-state index in [1.165, 1.54) is 83.5 Å². The molecule has 0 amide bonds. The fraction of sp³-hybridized carbons (Fsp3) is 0.875. The van der Waals surface area contributed by atoms with Gasteiger partial charge in [-0.3, -0.25) is 0 Å². The maximum absolute atomic E-state index is 11.9. The van der Waals surface area contributed by atoms with Gasteiger partial charge in [-0.05, 0) is 38.5 Å². The molecule has 0 radical (unpaired) electrons. The minimum atomic E-state index is -0.214. The molecule has 0 saturated carbocycles. The summed E-state index contributed by atoms with van der Waals surface area (Å²) in [5.41, 5.74) is 0.517. The van der Waals surface area contributed by atoms with E-state index in [1.807, 2.05) is 0 Å². The Morgan fingerprint density at radius 3 is 1.62 bits per heavy atom. The second-order valence-corrected chi connectivity index (χ2v) is 8.46. The molecule has 0 N–H and O–H groups in total. The zero-order chi connectivity index (χ0) is 19.6. The van der Waals surface area contributed by atoms with E-state index in [1.54, 1.807) is 6.92 Å². The van der Waals surface area contributed by atoms with E-state index in [-0.39, 0.29) is 12.1 Å². The number of esters is 1. The van der Waals surface area contributed by atoms with Crippen LogP contribution in [0.25, 0.3) is 0 Å². The van der Waals surface area contributed by atoms with Crippen molar-refractivity contribution in [2.45, 2.75) is 130 Å². The van der Waals surface area contributed by atoms with Gasteiger partial charge in [-0.15, -0.1) is 0 Å². The normalized spacial score (nSPS) is 12.3. The highest BCUT2D eigenvalue weighted by atomic mass is 16.5. The van der Waals surface area contributed by atoms with Crippen LogP contribution >= 0.6 is 0 Å². The summed E-state index contributed by atoms with van der Waals surface area (Å²) >= 11 is 0. The Kier molecular flexibility index (Phi) is 17.1. The van der Waals surface area contributed by atoms with Gasteiger partial charge in [0.05, 0.1) is 0 Å². The average molecular weight is 367 g/mol. The molecular formula is C24H46O2. The Balaban J connectivity index is 3.92. The number of unbranched alkanes of at least 4 members (excludes halogenated alkanes) is 10. The lowest BCUT2D eigenvalue weighted by Gasteiger charge is -2.18. The lowest BCUT2D eigenvalue weighted by Crippen LogP contribution is -2.18. The van der Waals surface area contributed by atoms with Crippen molar-refractivity contribution in [2.24, 2.45) is 5.92 Å². The SMILES string of the molecule is C=C(C)C(=O)OC(CCCCCCCCCC)CCCCCCC(C)C. The van der Waals surface area contributed by atoms with Crippen molar-refractivity contribution in [1.82, 2.24) is 0 Å². The first-order valence-electron chi connectivity index (χ1n) is 11.3. The number of hydrogen-bond donors (Lipinski definition) is 0. The highest BCUT2D eigenvalue weighted by molar-refractivity contribution is 5.87. The molecule has 154 valence electrons. The number of hydrogen-bond acceptors (Lipinski definition) is 2. The summed E-state index contributed by atoms with van der Waals surface area (Å²) in [6.07, 6.45) is 19.0. The molecule has 0 bridgehead atoms. The number of carbonyl (C=O) groups is 1. The fourth-order valence-electron chi connectivity index (χ4n) is 3.30. The van der Waals surface area contributed by atoms with E-state index < -0.39 is 0 Å². The summed E-state index contributed by atoms with van der Waals surface area (Å²) in [5.74, 6) is 0.593. The molecule has 0 saturated heterocycles. The summed E-state index contributed by atoms with van der Waals surface area (Å²) in [6.45, 7) is 12.3. The number of ether oxygens (including phenoxy) is 1. The van der Waals surface area contributed by atoms with Gasteiger partial charge in [0.1, 0.15) is 6.10 Å². The lowest BCUT2D eigenvalue weighted by atomic mass is 10.0. The maximum Gasteiger partial charge on any atom is 0.333 e. The van der Waals surface area contributed by atoms with E-state index in [0.717, 1.165) is 18.8 Å². The zero-order valence-corrected chi connectivity index (χ0v) is 18.3. The van der Waals surface area contributed by atoms with Crippen molar-refractivity contribution in [3.05, 3.63) is 12.2 Å². The summed E-state index contributed by atoms with van der Waals surface area (Å²) in [4.78, 5) is 11.9. The Hall–Kier alpha value is -0.790. The van der Waals surface area contributed by atoms with Crippen LogP contribution in [0.15, 0.2) is 12.2 Å². The van der Waals surface area contributed by atoms with Crippen LogP contribution in [0.3, 0.4) is 0 Å². The summed E-state index contributed by atoms with van der Waals surface area (Å²) < 4.78 is 5.68. The van der Waals surface area contributed by atoms with Crippen molar-refractivity contribution in [1.29, 1.82) is 0 Å². The number of carbonyl (C=O) groups excluding carboxylic acids is 1. The van der Waals surface area contributed by atoms with Gasteiger partial charge in [-0.25, -0.2) is 4.79 Å². The standard InChI is InChI=1S/C24H46O2/c1-6-7-8-9-10-11-12-16-19-23(26-24(25)22(4)5)20-17-14-13-15-18-21(2)3/h21,23H,4,6-20H2,1-3,5H3. The first-order chi connectivity index (χ1) is 12.5. The van der Waals surface area contributed by atoms with E-state index >= 15 is 0 Å². The molecule has 0 aromatic carbocycles. The highest BCUT2D eigenvalue weighted by Gasteiger charge is 2.14. The largest absolute Gasteiger partial charge is 0.459 e.